The van der Waals surface area contributed by atoms with Crippen molar-refractivity contribution >= 4 is 5.91 Å². The van der Waals surface area contributed by atoms with Crippen LogP contribution in [0, 0.1) is 0 Å². The molecule has 3 nitrogen and oxygen atoms in total. The highest BCUT2D eigenvalue weighted by Gasteiger charge is 2.25. The van der Waals surface area contributed by atoms with E-state index in [0.29, 0.717) is 24.4 Å². The average molecular weight is 250 g/mol. The molecular formula is C15H26N2O. The van der Waals surface area contributed by atoms with Gasteiger partial charge in [0.15, 0.2) is 0 Å². The third-order valence-electron chi connectivity index (χ3n) is 4.45. The number of amides is 1. The zero-order chi connectivity index (χ0) is 13.0. The molecule has 0 aromatic rings. The number of carbonyl (C=O) groups excluding carboxylic acids is 1. The minimum absolute atomic E-state index is 0.295. The standard InChI is InChI=1S/C15H26N2O/c1-17(14-9-7-13(16)8-10-14)15(18)11-12-5-3-2-4-6-12/h5,13-14H,2-4,6-11,16H2,1H3. The summed E-state index contributed by atoms with van der Waals surface area (Å²) in [6.07, 6.45) is 12.0. The van der Waals surface area contributed by atoms with Gasteiger partial charge in [-0.15, -0.1) is 0 Å². The van der Waals surface area contributed by atoms with Gasteiger partial charge in [0.05, 0.1) is 0 Å². The second-order valence-corrected chi connectivity index (χ2v) is 5.86. The largest absolute Gasteiger partial charge is 0.343 e. The lowest BCUT2D eigenvalue weighted by Gasteiger charge is -2.34. The van der Waals surface area contributed by atoms with E-state index in [-0.39, 0.29) is 0 Å². The van der Waals surface area contributed by atoms with Gasteiger partial charge >= 0.3 is 0 Å². The first-order chi connectivity index (χ1) is 8.66. The lowest BCUT2D eigenvalue weighted by Crippen LogP contribution is -2.41. The van der Waals surface area contributed by atoms with Gasteiger partial charge in [0.25, 0.3) is 0 Å². The van der Waals surface area contributed by atoms with Gasteiger partial charge < -0.3 is 10.6 Å². The highest BCUT2D eigenvalue weighted by molar-refractivity contribution is 5.78. The van der Waals surface area contributed by atoms with Gasteiger partial charge in [-0.2, -0.15) is 0 Å². The van der Waals surface area contributed by atoms with Crippen molar-refractivity contribution in [2.24, 2.45) is 5.73 Å². The number of rotatable bonds is 3. The van der Waals surface area contributed by atoms with Gasteiger partial charge in [0, 0.05) is 25.6 Å². The van der Waals surface area contributed by atoms with Crippen LogP contribution >= 0.6 is 0 Å². The normalized spacial score (nSPS) is 28.7. The monoisotopic (exact) mass is 250 g/mol. The summed E-state index contributed by atoms with van der Waals surface area (Å²) in [5.41, 5.74) is 7.26. The maximum Gasteiger partial charge on any atom is 0.226 e. The lowest BCUT2D eigenvalue weighted by molar-refractivity contribution is -0.131. The van der Waals surface area contributed by atoms with Crippen LogP contribution in [0.2, 0.25) is 0 Å². The summed E-state index contributed by atoms with van der Waals surface area (Å²) in [6, 6.07) is 0.771. The molecule has 0 radical (unpaired) electrons. The molecule has 0 unspecified atom stereocenters. The van der Waals surface area contributed by atoms with Crippen LogP contribution in [-0.2, 0) is 4.79 Å². The van der Waals surface area contributed by atoms with Gasteiger partial charge in [0.1, 0.15) is 0 Å². The van der Waals surface area contributed by atoms with Crippen molar-refractivity contribution in [3.63, 3.8) is 0 Å². The number of hydrogen-bond donors (Lipinski definition) is 1. The molecule has 1 fully saturated rings. The third-order valence-corrected chi connectivity index (χ3v) is 4.45. The Balaban J connectivity index is 1.82. The average Bonchev–Trinajstić information content (AvgIpc) is 2.40. The van der Waals surface area contributed by atoms with Crippen LogP contribution in [0.25, 0.3) is 0 Å². The van der Waals surface area contributed by atoms with Gasteiger partial charge in [-0.1, -0.05) is 11.6 Å². The summed E-state index contributed by atoms with van der Waals surface area (Å²) < 4.78 is 0. The predicted octanol–water partition coefficient (Wildman–Crippen LogP) is 2.61. The van der Waals surface area contributed by atoms with Crippen LogP contribution in [-0.4, -0.2) is 29.9 Å². The molecule has 1 saturated carbocycles. The van der Waals surface area contributed by atoms with E-state index in [1.165, 1.54) is 18.4 Å². The molecule has 0 heterocycles. The Bertz CT molecular complexity index is 316. The Morgan fingerprint density at radius 2 is 2.06 bits per heavy atom. The minimum Gasteiger partial charge on any atom is -0.343 e. The molecule has 2 aliphatic carbocycles. The number of hydrogen-bond acceptors (Lipinski definition) is 2. The van der Waals surface area contributed by atoms with Gasteiger partial charge in [-0.05, 0) is 51.4 Å². The lowest BCUT2D eigenvalue weighted by atomic mass is 9.90. The van der Waals surface area contributed by atoms with Gasteiger partial charge in [0.2, 0.25) is 5.91 Å². The number of nitrogens with two attached hydrogens (primary N) is 1. The van der Waals surface area contributed by atoms with Crippen LogP contribution < -0.4 is 5.73 Å². The van der Waals surface area contributed by atoms with E-state index >= 15 is 0 Å². The molecule has 18 heavy (non-hydrogen) atoms. The van der Waals surface area contributed by atoms with Crippen LogP contribution in [0.15, 0.2) is 11.6 Å². The van der Waals surface area contributed by atoms with E-state index in [1.807, 2.05) is 11.9 Å². The zero-order valence-electron chi connectivity index (χ0n) is 11.5. The number of carbonyl (C=O) groups is 1. The van der Waals surface area contributed by atoms with Gasteiger partial charge in [-0.25, -0.2) is 0 Å². The summed E-state index contributed by atoms with van der Waals surface area (Å²) >= 11 is 0. The van der Waals surface area contributed by atoms with Crippen LogP contribution in [0.3, 0.4) is 0 Å². The fourth-order valence-corrected chi connectivity index (χ4v) is 3.08. The Morgan fingerprint density at radius 1 is 1.33 bits per heavy atom. The Labute approximate surface area is 110 Å². The Morgan fingerprint density at radius 3 is 2.67 bits per heavy atom. The van der Waals surface area contributed by atoms with Crippen LogP contribution in [0.1, 0.15) is 57.8 Å². The molecule has 0 aromatic carbocycles. The fourth-order valence-electron chi connectivity index (χ4n) is 3.08. The fraction of sp³-hybridized carbons (Fsp3) is 0.800. The quantitative estimate of drug-likeness (QED) is 0.783. The van der Waals surface area contributed by atoms with Crippen molar-refractivity contribution in [3.8, 4) is 0 Å². The molecule has 0 aliphatic heterocycles. The van der Waals surface area contributed by atoms with Crippen molar-refractivity contribution in [1.29, 1.82) is 0 Å². The molecule has 3 heteroatoms. The number of nitrogens with zero attached hydrogens (tertiary/aromatic N) is 1. The first-order valence-corrected chi connectivity index (χ1v) is 7.36. The molecule has 0 atom stereocenters. The van der Waals surface area contributed by atoms with Crippen molar-refractivity contribution in [2.75, 3.05) is 7.05 Å². The van der Waals surface area contributed by atoms with Crippen LogP contribution in [0.4, 0.5) is 0 Å². The molecule has 1 amide bonds. The zero-order valence-corrected chi connectivity index (χ0v) is 11.5. The third kappa shape index (κ3) is 3.58. The minimum atomic E-state index is 0.295. The van der Waals surface area contributed by atoms with Crippen molar-refractivity contribution in [3.05, 3.63) is 11.6 Å². The smallest absolute Gasteiger partial charge is 0.226 e. The topological polar surface area (TPSA) is 46.3 Å². The van der Waals surface area contributed by atoms with Crippen LogP contribution in [0.5, 0.6) is 0 Å². The van der Waals surface area contributed by atoms with E-state index in [2.05, 4.69) is 6.08 Å². The van der Waals surface area contributed by atoms with Crippen molar-refractivity contribution in [1.82, 2.24) is 4.90 Å². The predicted molar refractivity (Wildman–Crippen MR) is 74.2 cm³/mol. The van der Waals surface area contributed by atoms with E-state index in [0.717, 1.165) is 38.5 Å². The SMILES string of the molecule is CN(C(=O)CC1=CCCCC1)C1CCC(N)CC1. The van der Waals surface area contributed by atoms with E-state index < -0.39 is 0 Å². The Kier molecular flexibility index (Phi) is 4.81. The summed E-state index contributed by atoms with van der Waals surface area (Å²) in [5.74, 6) is 0.295. The van der Waals surface area contributed by atoms with E-state index in [9.17, 15) is 4.79 Å². The van der Waals surface area contributed by atoms with Crippen molar-refractivity contribution < 1.29 is 4.79 Å². The molecular weight excluding hydrogens is 224 g/mol. The molecule has 2 N–H and O–H groups in total. The van der Waals surface area contributed by atoms with E-state index in [4.69, 9.17) is 5.73 Å². The summed E-state index contributed by atoms with van der Waals surface area (Å²) in [4.78, 5) is 14.2. The molecule has 2 rings (SSSR count). The first kappa shape index (κ1) is 13.6. The second-order valence-electron chi connectivity index (χ2n) is 5.86. The molecule has 0 saturated heterocycles. The maximum absolute atomic E-state index is 12.2. The molecule has 0 aromatic heterocycles. The summed E-state index contributed by atoms with van der Waals surface area (Å²) in [7, 11) is 1.97. The van der Waals surface area contributed by atoms with E-state index in [1.54, 1.807) is 0 Å². The first-order valence-electron chi connectivity index (χ1n) is 7.36. The molecule has 0 bridgehead atoms. The number of allylic oxidation sites excluding steroid dienone is 1. The maximum atomic E-state index is 12.2. The highest BCUT2D eigenvalue weighted by Crippen LogP contribution is 2.24. The van der Waals surface area contributed by atoms with Gasteiger partial charge in [-0.3, -0.25) is 4.79 Å². The Hall–Kier alpha value is -0.830. The molecule has 0 spiro atoms. The summed E-state index contributed by atoms with van der Waals surface area (Å²) in [5, 5.41) is 0. The highest BCUT2D eigenvalue weighted by atomic mass is 16.2. The van der Waals surface area contributed by atoms with Crippen molar-refractivity contribution in [2.45, 2.75) is 69.9 Å². The molecule has 102 valence electrons. The molecule has 2 aliphatic rings. The second kappa shape index (κ2) is 6.37. The summed E-state index contributed by atoms with van der Waals surface area (Å²) in [6.45, 7) is 0.